The van der Waals surface area contributed by atoms with E-state index in [9.17, 15) is 22.8 Å². The smallest absolute Gasteiger partial charge is 0.385 e. The van der Waals surface area contributed by atoms with Crippen LogP contribution in [0.25, 0.3) is 0 Å². The molecule has 0 aromatic heterocycles. The molecule has 2 heterocycles. The number of benzene rings is 1. The lowest BCUT2D eigenvalue weighted by Crippen LogP contribution is -2.31. The fourth-order valence-electron chi connectivity index (χ4n) is 2.57. The normalized spacial score (nSPS) is 18.1. The summed E-state index contributed by atoms with van der Waals surface area (Å²) in [6.45, 7) is 0.821. The summed E-state index contributed by atoms with van der Waals surface area (Å²) in [4.78, 5) is 23.9. The molecule has 2 amide bonds. The van der Waals surface area contributed by atoms with Gasteiger partial charge in [0.05, 0.1) is 0 Å². The van der Waals surface area contributed by atoms with Crippen molar-refractivity contribution < 1.29 is 22.8 Å². The first-order chi connectivity index (χ1) is 11.8. The minimum atomic E-state index is -4.55. The molecule has 0 saturated carbocycles. The minimum absolute atomic E-state index is 0.0238. The highest BCUT2D eigenvalue weighted by atomic mass is 19.4. The van der Waals surface area contributed by atoms with Crippen LogP contribution in [0.15, 0.2) is 46.6 Å². The second-order valence-corrected chi connectivity index (χ2v) is 5.75. The maximum absolute atomic E-state index is 13.0. The molecule has 1 aromatic carbocycles. The topological polar surface area (TPSA) is 74.1 Å². The molecule has 0 bridgehead atoms. The molecule has 6 nitrogen and oxygen atoms in total. The van der Waals surface area contributed by atoms with Crippen molar-refractivity contribution in [2.45, 2.75) is 24.7 Å². The zero-order valence-corrected chi connectivity index (χ0v) is 13.1. The molecule has 2 aliphatic rings. The van der Waals surface area contributed by atoms with E-state index < -0.39 is 11.8 Å². The van der Waals surface area contributed by atoms with Gasteiger partial charge in [-0.3, -0.25) is 14.5 Å². The van der Waals surface area contributed by atoms with Crippen molar-refractivity contribution in [2.24, 2.45) is 10.2 Å². The van der Waals surface area contributed by atoms with E-state index in [4.69, 9.17) is 0 Å². The van der Waals surface area contributed by atoms with Crippen LogP contribution in [0.5, 0.6) is 0 Å². The Labute approximate surface area is 141 Å². The quantitative estimate of drug-likeness (QED) is 0.606. The third kappa shape index (κ3) is 3.40. The van der Waals surface area contributed by atoms with Crippen LogP contribution < -0.4 is 5.32 Å². The molecule has 2 aliphatic heterocycles. The van der Waals surface area contributed by atoms with Gasteiger partial charge in [-0.05, 0) is 25.0 Å². The summed E-state index contributed by atoms with van der Waals surface area (Å²) in [5.74, 6) is -0.639. The lowest BCUT2D eigenvalue weighted by molar-refractivity contribution is -0.166. The number of hydrogen-bond donors (Lipinski definition) is 1. The second kappa shape index (κ2) is 6.30. The van der Waals surface area contributed by atoms with E-state index in [0.29, 0.717) is 31.6 Å². The molecular formula is C16H15F3N4O2. The van der Waals surface area contributed by atoms with Gasteiger partial charge < -0.3 is 5.32 Å². The highest BCUT2D eigenvalue weighted by Gasteiger charge is 2.65. The van der Waals surface area contributed by atoms with Gasteiger partial charge in [0, 0.05) is 36.5 Å². The Morgan fingerprint density at radius 3 is 2.36 bits per heavy atom. The van der Waals surface area contributed by atoms with E-state index in [-0.39, 0.29) is 17.4 Å². The van der Waals surface area contributed by atoms with E-state index in [0.717, 1.165) is 4.90 Å². The van der Waals surface area contributed by atoms with Crippen molar-refractivity contribution in [2.75, 3.05) is 18.4 Å². The predicted molar refractivity (Wildman–Crippen MR) is 82.6 cm³/mol. The zero-order valence-electron chi connectivity index (χ0n) is 13.1. The first-order valence-corrected chi connectivity index (χ1v) is 7.72. The molecule has 1 aromatic rings. The van der Waals surface area contributed by atoms with E-state index in [1.165, 1.54) is 30.4 Å². The lowest BCUT2D eigenvalue weighted by Gasteiger charge is -2.16. The molecule has 0 fully saturated rings. The molecule has 0 unspecified atom stereocenters. The Balaban J connectivity index is 1.47. The van der Waals surface area contributed by atoms with Gasteiger partial charge in [-0.15, -0.1) is 10.2 Å². The van der Waals surface area contributed by atoms with Crippen LogP contribution in [0.3, 0.4) is 0 Å². The van der Waals surface area contributed by atoms with Crippen molar-refractivity contribution in [3.05, 3.63) is 42.0 Å². The first kappa shape index (κ1) is 17.1. The van der Waals surface area contributed by atoms with Crippen molar-refractivity contribution >= 4 is 17.5 Å². The number of carbonyl (C=O) groups excluding carboxylic acids is 2. The summed E-state index contributed by atoms with van der Waals surface area (Å²) < 4.78 is 39.0. The first-order valence-electron chi connectivity index (χ1n) is 7.72. The fourth-order valence-corrected chi connectivity index (χ4v) is 2.57. The highest BCUT2D eigenvalue weighted by molar-refractivity contribution is 6.12. The van der Waals surface area contributed by atoms with Crippen LogP contribution >= 0.6 is 0 Å². The molecule has 1 N–H and O–H groups in total. The van der Waals surface area contributed by atoms with Gasteiger partial charge in [0.2, 0.25) is 0 Å². The van der Waals surface area contributed by atoms with E-state index >= 15 is 0 Å². The Kier molecular flexibility index (Phi) is 4.32. The van der Waals surface area contributed by atoms with Gasteiger partial charge in [-0.25, -0.2) is 0 Å². The number of halogens is 3. The standard InChI is InChI=1S/C16H15F3N4O2/c17-16(18,19)15(21-22-15)11-4-3-5-12(10-11)20-8-1-2-9-23-13(24)6-7-14(23)25/h3-7,10,20H,1-2,8-9H2. The SMILES string of the molecule is O=C1C=CC(=O)N1CCCCNc1cccc(C2(C(F)(F)F)N=N2)c1. The molecule has 0 spiro atoms. The van der Waals surface area contributed by atoms with Gasteiger partial charge in [-0.2, -0.15) is 13.2 Å². The molecular weight excluding hydrogens is 337 g/mol. The number of rotatable bonds is 7. The number of unbranched alkanes of at least 4 members (excludes halogenated alkanes) is 1. The average molecular weight is 352 g/mol. The van der Waals surface area contributed by atoms with E-state index in [1.807, 2.05) is 0 Å². The van der Waals surface area contributed by atoms with Crippen molar-refractivity contribution in [3.63, 3.8) is 0 Å². The molecule has 3 rings (SSSR count). The summed E-state index contributed by atoms with van der Waals surface area (Å²) in [7, 11) is 0. The van der Waals surface area contributed by atoms with Crippen molar-refractivity contribution in [1.29, 1.82) is 0 Å². The summed E-state index contributed by atoms with van der Waals surface area (Å²) >= 11 is 0. The minimum Gasteiger partial charge on any atom is -0.385 e. The van der Waals surface area contributed by atoms with Gasteiger partial charge in [-0.1, -0.05) is 12.1 Å². The van der Waals surface area contributed by atoms with Crippen LogP contribution in [0.4, 0.5) is 18.9 Å². The number of imide groups is 1. The van der Waals surface area contributed by atoms with Gasteiger partial charge in [0.25, 0.3) is 11.8 Å². The third-order valence-electron chi connectivity index (χ3n) is 4.00. The van der Waals surface area contributed by atoms with Crippen LogP contribution in [0, 0.1) is 0 Å². The molecule has 0 atom stereocenters. The summed E-state index contributed by atoms with van der Waals surface area (Å²) in [6.07, 6.45) is -0.828. The maximum atomic E-state index is 13.0. The van der Waals surface area contributed by atoms with Crippen LogP contribution in [-0.2, 0) is 15.3 Å². The van der Waals surface area contributed by atoms with E-state index in [1.54, 1.807) is 6.07 Å². The van der Waals surface area contributed by atoms with E-state index in [2.05, 4.69) is 15.5 Å². The van der Waals surface area contributed by atoms with Crippen LogP contribution in [0.2, 0.25) is 0 Å². The predicted octanol–water partition coefficient (Wildman–Crippen LogP) is 2.98. The fraction of sp³-hybridized carbons (Fsp3) is 0.375. The Hall–Kier alpha value is -2.71. The van der Waals surface area contributed by atoms with Crippen molar-refractivity contribution in [3.8, 4) is 0 Å². The number of nitrogens with zero attached hydrogens (tertiary/aromatic N) is 3. The molecule has 0 radical (unpaired) electrons. The molecule has 25 heavy (non-hydrogen) atoms. The molecule has 9 heteroatoms. The monoisotopic (exact) mass is 352 g/mol. The highest BCUT2D eigenvalue weighted by Crippen LogP contribution is 2.52. The zero-order chi connectivity index (χ0) is 18.1. The Morgan fingerprint density at radius 2 is 1.76 bits per heavy atom. The summed E-state index contributed by atoms with van der Waals surface area (Å²) in [5, 5.41) is 9.39. The van der Waals surface area contributed by atoms with Gasteiger partial charge in [0.15, 0.2) is 0 Å². The third-order valence-corrected chi connectivity index (χ3v) is 4.00. The molecule has 0 saturated heterocycles. The van der Waals surface area contributed by atoms with Gasteiger partial charge in [0.1, 0.15) is 0 Å². The number of amides is 2. The second-order valence-electron chi connectivity index (χ2n) is 5.75. The van der Waals surface area contributed by atoms with Crippen LogP contribution in [0.1, 0.15) is 18.4 Å². The Morgan fingerprint density at radius 1 is 1.08 bits per heavy atom. The largest absolute Gasteiger partial charge is 0.442 e. The number of carbonyl (C=O) groups is 2. The Bertz CT molecular complexity index is 734. The maximum Gasteiger partial charge on any atom is 0.442 e. The number of hydrogen-bond acceptors (Lipinski definition) is 5. The van der Waals surface area contributed by atoms with Crippen molar-refractivity contribution in [1.82, 2.24) is 4.90 Å². The summed E-state index contributed by atoms with van der Waals surface area (Å²) in [6, 6.07) is 5.90. The van der Waals surface area contributed by atoms with Crippen LogP contribution in [-0.4, -0.2) is 36.0 Å². The molecule has 0 aliphatic carbocycles. The number of nitrogens with one attached hydrogen (secondary N) is 1. The molecule has 132 valence electrons. The summed E-state index contributed by atoms with van der Waals surface area (Å²) in [5.41, 5.74) is -1.91. The number of anilines is 1. The van der Waals surface area contributed by atoms with Gasteiger partial charge >= 0.3 is 11.8 Å². The lowest BCUT2D eigenvalue weighted by atomic mass is 10.0. The number of alkyl halides is 3. The average Bonchev–Trinajstić information content (AvgIpc) is 3.32.